The van der Waals surface area contributed by atoms with Gasteiger partial charge in [-0.15, -0.1) is 0 Å². The molecule has 5 aliphatic carbocycles. The van der Waals surface area contributed by atoms with E-state index in [9.17, 15) is 4.79 Å². The van der Waals surface area contributed by atoms with Gasteiger partial charge in [0, 0.05) is 24.8 Å². The van der Waals surface area contributed by atoms with Crippen molar-refractivity contribution in [3.63, 3.8) is 0 Å². The fourth-order valence-corrected chi connectivity index (χ4v) is 11.3. The van der Waals surface area contributed by atoms with E-state index in [0.29, 0.717) is 35.3 Å². The normalized spacial score (nSPS) is 51.3. The van der Waals surface area contributed by atoms with Crippen molar-refractivity contribution in [3.05, 3.63) is 11.6 Å². The van der Waals surface area contributed by atoms with E-state index in [2.05, 4.69) is 39.1 Å². The van der Waals surface area contributed by atoms with Gasteiger partial charge in [0.1, 0.15) is 6.10 Å². The number of rotatable bonds is 2. The maximum atomic E-state index is 12.7. The Labute approximate surface area is 236 Å². The molecule has 39 heavy (non-hydrogen) atoms. The van der Waals surface area contributed by atoms with Crippen molar-refractivity contribution >= 4 is 6.09 Å². The van der Waals surface area contributed by atoms with Crippen molar-refractivity contribution in [2.75, 3.05) is 6.61 Å². The van der Waals surface area contributed by atoms with Crippen LogP contribution in [0.15, 0.2) is 11.6 Å². The van der Waals surface area contributed by atoms with Gasteiger partial charge in [-0.05, 0) is 98.2 Å². The number of nitrogens with one attached hydrogen (secondary N) is 1. The number of allylic oxidation sites excluding steroid dienone is 1. The van der Waals surface area contributed by atoms with Gasteiger partial charge < -0.3 is 19.5 Å². The van der Waals surface area contributed by atoms with Crippen LogP contribution in [0.25, 0.3) is 0 Å². The van der Waals surface area contributed by atoms with Crippen LogP contribution < -0.4 is 5.32 Å². The fraction of sp³-hybridized carbons (Fsp3) is 0.912. The highest BCUT2D eigenvalue weighted by molar-refractivity contribution is 5.67. The van der Waals surface area contributed by atoms with Crippen LogP contribution >= 0.6 is 0 Å². The lowest BCUT2D eigenvalue weighted by Crippen LogP contribution is -2.52. The maximum Gasteiger partial charge on any atom is 0.407 e. The van der Waals surface area contributed by atoms with Gasteiger partial charge in [-0.1, -0.05) is 58.6 Å². The van der Waals surface area contributed by atoms with Crippen molar-refractivity contribution in [2.24, 2.45) is 46.3 Å². The Morgan fingerprint density at radius 3 is 2.59 bits per heavy atom. The molecule has 2 aliphatic heterocycles. The third kappa shape index (κ3) is 4.25. The van der Waals surface area contributed by atoms with Crippen LogP contribution in [0, 0.1) is 46.3 Å². The van der Waals surface area contributed by atoms with E-state index in [-0.39, 0.29) is 23.4 Å². The predicted octanol–water partition coefficient (Wildman–Crippen LogP) is 7.78. The summed E-state index contributed by atoms with van der Waals surface area (Å²) >= 11 is 0. The Balaban J connectivity index is 1.03. The third-order valence-electron chi connectivity index (χ3n) is 13.5. The molecule has 0 unspecified atom stereocenters. The molecule has 1 amide bonds. The van der Waals surface area contributed by atoms with E-state index in [4.69, 9.17) is 14.2 Å². The molecule has 0 radical (unpaired) electrons. The van der Waals surface area contributed by atoms with Crippen molar-refractivity contribution < 1.29 is 19.0 Å². The molecule has 5 heteroatoms. The summed E-state index contributed by atoms with van der Waals surface area (Å²) in [5.41, 5.74) is 2.21. The van der Waals surface area contributed by atoms with Crippen molar-refractivity contribution in [1.29, 1.82) is 0 Å². The second-order valence-electron chi connectivity index (χ2n) is 15.5. The average Bonchev–Trinajstić information content (AvgIpc) is 3.36. The number of fused-ring (bicyclic) bond motifs is 7. The number of hydrogen-bond donors (Lipinski definition) is 1. The van der Waals surface area contributed by atoms with E-state index in [1.807, 2.05) is 0 Å². The Hall–Kier alpha value is -1.07. The molecule has 7 rings (SSSR count). The van der Waals surface area contributed by atoms with Gasteiger partial charge in [-0.25, -0.2) is 4.79 Å². The summed E-state index contributed by atoms with van der Waals surface area (Å²) in [4.78, 5) is 12.7. The number of carbonyl (C=O) groups excluding carboxylic acids is 1. The summed E-state index contributed by atoms with van der Waals surface area (Å²) in [7, 11) is 0. The highest BCUT2D eigenvalue weighted by atomic mass is 16.7. The minimum atomic E-state index is -0.319. The zero-order chi connectivity index (χ0) is 27.0. The Morgan fingerprint density at radius 1 is 1.00 bits per heavy atom. The molecule has 1 N–H and O–H groups in total. The van der Waals surface area contributed by atoms with E-state index in [1.165, 1.54) is 51.4 Å². The van der Waals surface area contributed by atoms with Crippen LogP contribution in [0.1, 0.15) is 118 Å². The maximum absolute atomic E-state index is 12.7. The number of alkyl carbamates (subject to hydrolysis) is 1. The molecule has 4 saturated carbocycles. The smallest absolute Gasteiger partial charge is 0.407 e. The van der Waals surface area contributed by atoms with Gasteiger partial charge in [0.15, 0.2) is 5.79 Å². The quantitative estimate of drug-likeness (QED) is 0.364. The molecule has 0 aromatic carbocycles. The SMILES string of the molecule is C[C@@H]1CC[C@@]2(OC1)O[C@H]1C[C@H]3[C@@H]4CC=C5C[C@@H](OC(=O)NC6CCCCC6)CC[C@]5(C)[C@H]4CC[C@]3(C)[C@H]1[C@@H]2C. The number of ether oxygens (including phenoxy) is 3. The van der Waals surface area contributed by atoms with Crippen LogP contribution in [0.2, 0.25) is 0 Å². The number of hydrogen-bond acceptors (Lipinski definition) is 4. The van der Waals surface area contributed by atoms with Gasteiger partial charge in [-0.2, -0.15) is 0 Å². The second kappa shape index (κ2) is 9.75. The molecule has 2 saturated heterocycles. The molecular formula is C34H53NO4. The number of carbonyl (C=O) groups is 1. The molecule has 0 bridgehead atoms. The molecule has 2 heterocycles. The first-order valence-electron chi connectivity index (χ1n) is 16.7. The molecule has 11 atom stereocenters. The lowest BCUT2D eigenvalue weighted by Gasteiger charge is -2.58. The number of amides is 1. The van der Waals surface area contributed by atoms with E-state index in [1.54, 1.807) is 5.57 Å². The largest absolute Gasteiger partial charge is 0.446 e. The lowest BCUT2D eigenvalue weighted by atomic mass is 9.47. The molecular weight excluding hydrogens is 486 g/mol. The molecule has 1 spiro atoms. The van der Waals surface area contributed by atoms with Crippen LogP contribution in [0.5, 0.6) is 0 Å². The van der Waals surface area contributed by atoms with Gasteiger partial charge in [-0.3, -0.25) is 0 Å². The molecule has 5 nitrogen and oxygen atoms in total. The van der Waals surface area contributed by atoms with Gasteiger partial charge in [0.25, 0.3) is 0 Å². The standard InChI is InChI=1S/C34H53NO4/c1-21-12-17-34(37-20-21)22(2)30-29(39-34)19-28-26-11-10-23-18-25(38-31(36)35-24-8-6-5-7-9-24)13-15-32(23,3)27(26)14-16-33(28,30)4/h10,21-22,24-30H,5-9,11-20H2,1-4H3,(H,35,36)/t21-,22+,25+,26-,27+,28+,29+,30+,32+,33+,34-/m1/s1. The highest BCUT2D eigenvalue weighted by Gasteiger charge is 2.68. The van der Waals surface area contributed by atoms with Gasteiger partial charge >= 0.3 is 6.09 Å². The predicted molar refractivity (Wildman–Crippen MR) is 152 cm³/mol. The van der Waals surface area contributed by atoms with Crippen LogP contribution in [0.3, 0.4) is 0 Å². The lowest BCUT2D eigenvalue weighted by molar-refractivity contribution is -0.272. The summed E-state index contributed by atoms with van der Waals surface area (Å²) in [5.74, 6) is 3.71. The topological polar surface area (TPSA) is 56.8 Å². The second-order valence-corrected chi connectivity index (χ2v) is 15.5. The summed E-state index contributed by atoms with van der Waals surface area (Å²) in [6, 6.07) is 0.312. The Bertz CT molecular complexity index is 980. The first-order valence-corrected chi connectivity index (χ1v) is 16.7. The Kier molecular flexibility index (Phi) is 6.70. The molecule has 7 aliphatic rings. The van der Waals surface area contributed by atoms with Crippen molar-refractivity contribution in [3.8, 4) is 0 Å². The first kappa shape index (κ1) is 26.8. The van der Waals surface area contributed by atoms with E-state index in [0.717, 1.165) is 62.9 Å². The van der Waals surface area contributed by atoms with Crippen LogP contribution in [0.4, 0.5) is 4.79 Å². The third-order valence-corrected chi connectivity index (χ3v) is 13.5. The van der Waals surface area contributed by atoms with Gasteiger partial charge in [0.2, 0.25) is 0 Å². The molecule has 0 aromatic rings. The average molecular weight is 540 g/mol. The van der Waals surface area contributed by atoms with Crippen LogP contribution in [-0.2, 0) is 14.2 Å². The monoisotopic (exact) mass is 539 g/mol. The zero-order valence-corrected chi connectivity index (χ0v) is 25.0. The van der Waals surface area contributed by atoms with Gasteiger partial charge in [0.05, 0.1) is 12.7 Å². The summed E-state index contributed by atoms with van der Waals surface area (Å²) in [6.45, 7) is 10.8. The zero-order valence-electron chi connectivity index (χ0n) is 25.0. The molecule has 0 aromatic heterocycles. The summed E-state index contributed by atoms with van der Waals surface area (Å²) in [6.07, 6.45) is 19.2. The molecule has 6 fully saturated rings. The van der Waals surface area contributed by atoms with E-state index >= 15 is 0 Å². The van der Waals surface area contributed by atoms with Crippen molar-refractivity contribution in [2.45, 2.75) is 142 Å². The minimum Gasteiger partial charge on any atom is -0.446 e. The summed E-state index contributed by atoms with van der Waals surface area (Å²) in [5, 5.41) is 3.17. The van der Waals surface area contributed by atoms with Crippen LogP contribution in [-0.4, -0.2) is 36.7 Å². The highest BCUT2D eigenvalue weighted by Crippen LogP contribution is 2.70. The minimum absolute atomic E-state index is 0.0350. The molecule has 218 valence electrons. The summed E-state index contributed by atoms with van der Waals surface area (Å²) < 4.78 is 19.5. The fourth-order valence-electron chi connectivity index (χ4n) is 11.3. The Morgan fingerprint density at radius 2 is 1.82 bits per heavy atom. The van der Waals surface area contributed by atoms with E-state index < -0.39 is 0 Å². The first-order chi connectivity index (χ1) is 18.7. The van der Waals surface area contributed by atoms with Crippen molar-refractivity contribution in [1.82, 2.24) is 5.32 Å².